The first-order chi connectivity index (χ1) is 15.3. The lowest BCUT2D eigenvalue weighted by molar-refractivity contribution is -0.144. The van der Waals surface area contributed by atoms with Crippen molar-refractivity contribution in [2.75, 3.05) is 13.7 Å². The van der Waals surface area contributed by atoms with Crippen LogP contribution in [0.25, 0.3) is 11.1 Å². The maximum atomic E-state index is 13.0. The van der Waals surface area contributed by atoms with E-state index in [1.165, 1.54) is 4.57 Å². The summed E-state index contributed by atoms with van der Waals surface area (Å²) >= 11 is 6.08. The number of carbonyl (C=O) groups excluding carboxylic acids is 1. The monoisotopic (exact) mass is 460 g/mol. The molecule has 1 aliphatic carbocycles. The van der Waals surface area contributed by atoms with Gasteiger partial charge in [-0.3, -0.25) is 9.59 Å². The molecule has 0 aliphatic heterocycles. The van der Waals surface area contributed by atoms with E-state index in [2.05, 4.69) is 5.32 Å². The van der Waals surface area contributed by atoms with Gasteiger partial charge in [-0.05, 0) is 36.5 Å². The van der Waals surface area contributed by atoms with Crippen LogP contribution < -0.4 is 10.9 Å². The molecule has 1 aromatic heterocycles. The molecule has 2 N–H and O–H groups in total. The number of carbonyl (C=O) groups is 2. The van der Waals surface area contributed by atoms with Crippen LogP contribution in [0.2, 0.25) is 5.02 Å². The molecule has 1 aliphatic rings. The molecule has 1 amide bonds. The van der Waals surface area contributed by atoms with E-state index >= 15 is 0 Å². The van der Waals surface area contributed by atoms with Crippen molar-refractivity contribution in [2.24, 2.45) is 12.5 Å². The van der Waals surface area contributed by atoms with Gasteiger partial charge in [-0.25, -0.2) is 4.79 Å². The minimum atomic E-state index is -1.08. The predicted molar refractivity (Wildman–Crippen MR) is 123 cm³/mol. The molecule has 1 fully saturated rings. The van der Waals surface area contributed by atoms with Crippen LogP contribution in [-0.4, -0.2) is 41.3 Å². The second-order valence-corrected chi connectivity index (χ2v) is 8.92. The number of pyridine rings is 1. The fourth-order valence-corrected chi connectivity index (χ4v) is 4.64. The first-order valence-electron chi connectivity index (χ1n) is 10.7. The molecule has 1 saturated carbocycles. The highest BCUT2D eigenvalue weighted by Gasteiger charge is 2.42. The van der Waals surface area contributed by atoms with Crippen molar-refractivity contribution in [1.82, 2.24) is 9.88 Å². The van der Waals surface area contributed by atoms with Crippen molar-refractivity contribution in [3.8, 4) is 11.1 Å². The highest BCUT2D eigenvalue weighted by Crippen LogP contribution is 2.41. The number of amides is 1. The number of nitrogens with zero attached hydrogens (tertiary/aromatic N) is 1. The number of halogens is 1. The smallest absolute Gasteiger partial charge is 0.326 e. The van der Waals surface area contributed by atoms with Gasteiger partial charge in [0.25, 0.3) is 5.56 Å². The highest BCUT2D eigenvalue weighted by atomic mass is 35.5. The predicted octanol–water partition coefficient (Wildman–Crippen LogP) is 3.41. The summed E-state index contributed by atoms with van der Waals surface area (Å²) in [5.74, 6) is -1.29. The molecule has 0 saturated heterocycles. The van der Waals surface area contributed by atoms with E-state index in [0.717, 1.165) is 31.2 Å². The summed E-state index contributed by atoms with van der Waals surface area (Å²) < 4.78 is 6.59. The zero-order valence-electron chi connectivity index (χ0n) is 18.4. The molecule has 0 spiro atoms. The molecule has 1 heterocycles. The largest absolute Gasteiger partial charge is 0.480 e. The summed E-state index contributed by atoms with van der Waals surface area (Å²) in [6, 6.07) is 7.65. The van der Waals surface area contributed by atoms with E-state index in [1.54, 1.807) is 50.7 Å². The zero-order valence-corrected chi connectivity index (χ0v) is 19.2. The van der Waals surface area contributed by atoms with E-state index < -0.39 is 17.4 Å². The minimum absolute atomic E-state index is 0.148. The van der Waals surface area contributed by atoms with Gasteiger partial charge in [-0.1, -0.05) is 48.7 Å². The third-order valence-electron chi connectivity index (χ3n) is 6.29. The van der Waals surface area contributed by atoms with Crippen LogP contribution in [0.1, 0.15) is 37.7 Å². The Morgan fingerprint density at radius 3 is 2.50 bits per heavy atom. The molecule has 0 radical (unpaired) electrons. The Bertz CT molecular complexity index is 1030. The van der Waals surface area contributed by atoms with Crippen molar-refractivity contribution < 1.29 is 19.4 Å². The molecule has 3 rings (SSSR count). The fraction of sp³-hybridized carbons (Fsp3) is 0.458. The van der Waals surface area contributed by atoms with Gasteiger partial charge >= 0.3 is 5.97 Å². The normalized spacial score (nSPS) is 16.0. The summed E-state index contributed by atoms with van der Waals surface area (Å²) in [5, 5.41) is 12.9. The Morgan fingerprint density at radius 1 is 1.25 bits per heavy atom. The molecule has 7 nitrogen and oxygen atoms in total. The highest BCUT2D eigenvalue weighted by molar-refractivity contribution is 6.30. The lowest BCUT2D eigenvalue weighted by Crippen LogP contribution is -2.49. The second-order valence-electron chi connectivity index (χ2n) is 8.48. The Morgan fingerprint density at radius 2 is 1.91 bits per heavy atom. The molecule has 1 unspecified atom stereocenters. The number of benzene rings is 1. The van der Waals surface area contributed by atoms with Gasteiger partial charge in [0.05, 0.1) is 10.4 Å². The number of aliphatic carboxylic acids is 1. The van der Waals surface area contributed by atoms with Crippen LogP contribution in [0, 0.1) is 5.41 Å². The maximum absolute atomic E-state index is 13.0. The van der Waals surface area contributed by atoms with Crippen LogP contribution in [0.5, 0.6) is 0 Å². The average Bonchev–Trinajstić information content (AvgIpc) is 3.25. The number of nitrogens with one attached hydrogen (secondary N) is 1. The lowest BCUT2D eigenvalue weighted by atomic mass is 9.81. The fourth-order valence-electron chi connectivity index (χ4n) is 4.38. The molecule has 172 valence electrons. The topological polar surface area (TPSA) is 97.6 Å². The van der Waals surface area contributed by atoms with Crippen molar-refractivity contribution in [2.45, 2.75) is 44.6 Å². The molecule has 8 heteroatoms. The summed E-state index contributed by atoms with van der Waals surface area (Å²) in [5.41, 5.74) is 1.18. The third kappa shape index (κ3) is 5.40. The van der Waals surface area contributed by atoms with Crippen LogP contribution >= 0.6 is 11.6 Å². The molecular weight excluding hydrogens is 432 g/mol. The van der Waals surface area contributed by atoms with Crippen LogP contribution in [-0.2, 0) is 27.8 Å². The van der Waals surface area contributed by atoms with Crippen LogP contribution in [0.3, 0.4) is 0 Å². The van der Waals surface area contributed by atoms with E-state index in [9.17, 15) is 19.5 Å². The van der Waals surface area contributed by atoms with Gasteiger partial charge in [-0.2, -0.15) is 0 Å². The number of carboxylic acid groups (broad SMARTS) is 1. The molecule has 0 bridgehead atoms. The first-order valence-corrected chi connectivity index (χ1v) is 11.1. The number of hydrogen-bond acceptors (Lipinski definition) is 4. The summed E-state index contributed by atoms with van der Waals surface area (Å²) in [7, 11) is 3.24. The minimum Gasteiger partial charge on any atom is -0.480 e. The van der Waals surface area contributed by atoms with Crippen molar-refractivity contribution in [1.29, 1.82) is 0 Å². The number of ether oxygens (including phenoxy) is 1. The molecule has 2 aromatic rings. The Balaban J connectivity index is 1.75. The van der Waals surface area contributed by atoms with Crippen molar-refractivity contribution in [3.05, 3.63) is 57.5 Å². The van der Waals surface area contributed by atoms with Gasteiger partial charge in [-0.15, -0.1) is 0 Å². The summed E-state index contributed by atoms with van der Waals surface area (Å²) in [6.45, 7) is 0.468. The van der Waals surface area contributed by atoms with E-state index in [1.807, 2.05) is 0 Å². The van der Waals surface area contributed by atoms with Crippen molar-refractivity contribution >= 4 is 23.5 Å². The standard InChI is InChI=1S/C24H29ClN2O5/c1-27-15-18(25)14-19(21(27)28)17-7-5-16(6-8-17)13-20(22(29)30)26-23(31)24(11-12-32-2)9-3-4-10-24/h5-8,14-15,20H,3-4,9-13H2,1-2H3,(H,26,31)(H,29,30). The van der Waals surface area contributed by atoms with Crippen molar-refractivity contribution in [3.63, 3.8) is 0 Å². The van der Waals surface area contributed by atoms with E-state index in [4.69, 9.17) is 16.3 Å². The molecular formula is C24H29ClN2O5. The SMILES string of the molecule is COCCC1(C(=O)NC(Cc2ccc(-c3cc(Cl)cn(C)c3=O)cc2)C(=O)O)CCCC1. The van der Waals surface area contributed by atoms with Gasteiger partial charge < -0.3 is 19.7 Å². The van der Waals surface area contributed by atoms with Crippen LogP contribution in [0.15, 0.2) is 41.3 Å². The van der Waals surface area contributed by atoms with Gasteiger partial charge in [0, 0.05) is 38.9 Å². The number of carboxylic acids is 1. The third-order valence-corrected chi connectivity index (χ3v) is 6.49. The average molecular weight is 461 g/mol. The van der Waals surface area contributed by atoms with E-state index in [0.29, 0.717) is 29.2 Å². The number of aromatic nitrogens is 1. The first kappa shape index (κ1) is 24.0. The maximum Gasteiger partial charge on any atom is 0.326 e. The Kier molecular flexibility index (Phi) is 7.74. The number of hydrogen-bond donors (Lipinski definition) is 2. The number of rotatable bonds is 9. The zero-order chi connectivity index (χ0) is 23.3. The van der Waals surface area contributed by atoms with Gasteiger partial charge in [0.2, 0.25) is 5.91 Å². The summed E-state index contributed by atoms with van der Waals surface area (Å²) in [6.07, 6.45) is 5.69. The molecule has 1 atom stereocenters. The quantitative estimate of drug-likeness (QED) is 0.597. The van der Waals surface area contributed by atoms with Gasteiger partial charge in [0.1, 0.15) is 6.04 Å². The molecule has 32 heavy (non-hydrogen) atoms. The van der Waals surface area contributed by atoms with E-state index in [-0.39, 0.29) is 17.9 Å². The number of methoxy groups -OCH3 is 1. The number of aryl methyl sites for hydroxylation is 1. The molecule has 1 aromatic carbocycles. The Hall–Kier alpha value is -2.64. The lowest BCUT2D eigenvalue weighted by Gasteiger charge is -2.29. The Labute approximate surface area is 192 Å². The summed E-state index contributed by atoms with van der Waals surface area (Å²) in [4.78, 5) is 37.3. The van der Waals surface area contributed by atoms with Gasteiger partial charge in [0.15, 0.2) is 0 Å². The van der Waals surface area contributed by atoms with Crippen LogP contribution in [0.4, 0.5) is 0 Å². The second kappa shape index (κ2) is 10.3.